The van der Waals surface area contributed by atoms with Crippen LogP contribution in [0, 0.1) is 6.92 Å². The number of hydrogen-bond donors (Lipinski definition) is 2. The Morgan fingerprint density at radius 3 is 2.34 bits per heavy atom. The number of nitrogens with one attached hydrogen (secondary N) is 2. The monoisotopic (exact) mass is 392 g/mol. The molecule has 150 valence electrons. The highest BCUT2D eigenvalue weighted by Gasteiger charge is 2.19. The van der Waals surface area contributed by atoms with E-state index < -0.39 is 11.4 Å². The van der Waals surface area contributed by atoms with Crippen LogP contribution in [0.3, 0.4) is 0 Å². The van der Waals surface area contributed by atoms with E-state index >= 15 is 0 Å². The molecule has 6 nitrogen and oxygen atoms in total. The zero-order valence-electron chi connectivity index (χ0n) is 17.0. The smallest absolute Gasteiger partial charge is 0.255 e. The standard InChI is InChI=1S/C23H24N2O4/c1-14-19(27)16-11-8-12-17(22(28)24-13-18(26)25-23(2,3)4)21(16)29-20(14)15-9-6-5-7-10-15/h5-12H,13H2,1-4H3,(H,24,28)(H,25,26). The fourth-order valence-electron chi connectivity index (χ4n) is 3.07. The lowest BCUT2D eigenvalue weighted by molar-refractivity contribution is -0.121. The van der Waals surface area contributed by atoms with Crippen LogP contribution in [0.25, 0.3) is 22.3 Å². The van der Waals surface area contributed by atoms with Crippen molar-refractivity contribution in [1.29, 1.82) is 0 Å². The molecule has 2 aromatic carbocycles. The Kier molecular flexibility index (Phi) is 5.55. The Hall–Kier alpha value is -3.41. The molecule has 2 amide bonds. The van der Waals surface area contributed by atoms with Gasteiger partial charge in [-0.05, 0) is 39.8 Å². The summed E-state index contributed by atoms with van der Waals surface area (Å²) in [6.45, 7) is 7.11. The van der Waals surface area contributed by atoms with Gasteiger partial charge in [0, 0.05) is 16.7 Å². The lowest BCUT2D eigenvalue weighted by Crippen LogP contribution is -2.45. The van der Waals surface area contributed by atoms with Crippen molar-refractivity contribution >= 4 is 22.8 Å². The van der Waals surface area contributed by atoms with Crippen LogP contribution in [0.1, 0.15) is 36.7 Å². The topological polar surface area (TPSA) is 88.4 Å². The van der Waals surface area contributed by atoms with E-state index in [2.05, 4.69) is 10.6 Å². The zero-order valence-corrected chi connectivity index (χ0v) is 17.0. The van der Waals surface area contributed by atoms with Crippen LogP contribution in [0.5, 0.6) is 0 Å². The first kappa shape index (κ1) is 20.3. The molecule has 2 N–H and O–H groups in total. The second-order valence-electron chi connectivity index (χ2n) is 7.91. The minimum absolute atomic E-state index is 0.172. The predicted octanol–water partition coefficient (Wildman–Crippen LogP) is 3.41. The third-order valence-electron chi connectivity index (χ3n) is 4.35. The van der Waals surface area contributed by atoms with Crippen LogP contribution in [-0.2, 0) is 4.79 Å². The highest BCUT2D eigenvalue weighted by Crippen LogP contribution is 2.27. The Bertz CT molecular complexity index is 1130. The summed E-state index contributed by atoms with van der Waals surface area (Å²) < 4.78 is 6.04. The van der Waals surface area contributed by atoms with E-state index in [-0.39, 0.29) is 29.0 Å². The van der Waals surface area contributed by atoms with Crippen molar-refractivity contribution in [2.24, 2.45) is 0 Å². The number of amides is 2. The molecule has 1 heterocycles. The van der Waals surface area contributed by atoms with E-state index in [9.17, 15) is 14.4 Å². The third kappa shape index (κ3) is 4.54. The molecular formula is C23H24N2O4. The maximum atomic E-state index is 12.9. The second-order valence-corrected chi connectivity index (χ2v) is 7.91. The van der Waals surface area contributed by atoms with Crippen molar-refractivity contribution in [2.75, 3.05) is 6.54 Å². The molecule has 29 heavy (non-hydrogen) atoms. The number of fused-ring (bicyclic) bond motifs is 1. The summed E-state index contributed by atoms with van der Waals surface area (Å²) in [6, 6.07) is 14.1. The number of para-hydroxylation sites is 1. The summed E-state index contributed by atoms with van der Waals surface area (Å²) in [6.07, 6.45) is 0. The summed E-state index contributed by atoms with van der Waals surface area (Å²) in [5, 5.41) is 5.70. The van der Waals surface area contributed by atoms with Crippen molar-refractivity contribution in [2.45, 2.75) is 33.2 Å². The first-order valence-corrected chi connectivity index (χ1v) is 9.38. The highest BCUT2D eigenvalue weighted by atomic mass is 16.3. The van der Waals surface area contributed by atoms with Gasteiger partial charge in [-0.3, -0.25) is 14.4 Å². The largest absolute Gasteiger partial charge is 0.455 e. The van der Waals surface area contributed by atoms with Gasteiger partial charge < -0.3 is 15.1 Å². The summed E-state index contributed by atoms with van der Waals surface area (Å²) >= 11 is 0. The molecule has 0 aliphatic heterocycles. The molecule has 0 bridgehead atoms. The molecule has 0 saturated carbocycles. The fraction of sp³-hybridized carbons (Fsp3) is 0.261. The molecule has 3 rings (SSSR count). The summed E-state index contributed by atoms with van der Waals surface area (Å²) in [7, 11) is 0. The van der Waals surface area contributed by atoms with E-state index in [1.54, 1.807) is 25.1 Å². The van der Waals surface area contributed by atoms with Gasteiger partial charge >= 0.3 is 0 Å². The van der Waals surface area contributed by atoms with Crippen molar-refractivity contribution < 1.29 is 14.0 Å². The van der Waals surface area contributed by atoms with Gasteiger partial charge in [-0.15, -0.1) is 0 Å². The Morgan fingerprint density at radius 2 is 1.69 bits per heavy atom. The predicted molar refractivity (Wildman–Crippen MR) is 113 cm³/mol. The lowest BCUT2D eigenvalue weighted by Gasteiger charge is -2.20. The normalized spacial score (nSPS) is 11.3. The van der Waals surface area contributed by atoms with Crippen LogP contribution in [0.2, 0.25) is 0 Å². The number of carbonyl (C=O) groups is 2. The average molecular weight is 392 g/mol. The van der Waals surface area contributed by atoms with Crippen LogP contribution >= 0.6 is 0 Å². The maximum Gasteiger partial charge on any atom is 0.255 e. The first-order valence-electron chi connectivity index (χ1n) is 9.38. The number of carbonyl (C=O) groups excluding carboxylic acids is 2. The van der Waals surface area contributed by atoms with Crippen molar-refractivity contribution in [3.05, 3.63) is 69.9 Å². The molecule has 3 aromatic rings. The van der Waals surface area contributed by atoms with Gasteiger partial charge in [0.1, 0.15) is 5.76 Å². The van der Waals surface area contributed by atoms with E-state index in [1.165, 1.54) is 0 Å². The first-order chi connectivity index (χ1) is 13.7. The van der Waals surface area contributed by atoms with Crippen LogP contribution < -0.4 is 16.1 Å². The average Bonchev–Trinajstić information content (AvgIpc) is 2.67. The quantitative estimate of drug-likeness (QED) is 0.712. The van der Waals surface area contributed by atoms with E-state index in [4.69, 9.17) is 4.42 Å². The molecule has 0 unspecified atom stereocenters. The Labute approximate surface area is 168 Å². The highest BCUT2D eigenvalue weighted by molar-refractivity contribution is 6.06. The minimum Gasteiger partial charge on any atom is -0.455 e. The molecule has 6 heteroatoms. The van der Waals surface area contributed by atoms with Gasteiger partial charge in [0.2, 0.25) is 5.91 Å². The summed E-state index contributed by atoms with van der Waals surface area (Å²) in [5.74, 6) is -0.354. The van der Waals surface area contributed by atoms with Crippen LogP contribution in [-0.4, -0.2) is 23.9 Å². The molecule has 0 radical (unpaired) electrons. The molecular weight excluding hydrogens is 368 g/mol. The summed E-state index contributed by atoms with van der Waals surface area (Å²) in [5.41, 5.74) is 1.06. The molecule has 0 aliphatic rings. The Balaban J connectivity index is 1.99. The number of benzene rings is 2. The van der Waals surface area contributed by atoms with E-state index in [1.807, 2.05) is 51.1 Å². The van der Waals surface area contributed by atoms with Gasteiger partial charge in [-0.2, -0.15) is 0 Å². The number of hydrogen-bond acceptors (Lipinski definition) is 4. The third-order valence-corrected chi connectivity index (χ3v) is 4.35. The van der Waals surface area contributed by atoms with Gasteiger partial charge in [-0.25, -0.2) is 0 Å². The fourth-order valence-corrected chi connectivity index (χ4v) is 3.07. The zero-order chi connectivity index (χ0) is 21.2. The van der Waals surface area contributed by atoms with Gasteiger partial charge in [0.15, 0.2) is 11.0 Å². The molecule has 0 spiro atoms. The summed E-state index contributed by atoms with van der Waals surface area (Å²) in [4.78, 5) is 37.6. The molecule has 1 aromatic heterocycles. The van der Waals surface area contributed by atoms with Crippen LogP contribution in [0.4, 0.5) is 0 Å². The van der Waals surface area contributed by atoms with Crippen LogP contribution in [0.15, 0.2) is 57.7 Å². The maximum absolute atomic E-state index is 12.9. The SMILES string of the molecule is Cc1c(-c2ccccc2)oc2c(C(=O)NCC(=O)NC(C)(C)C)cccc2c1=O. The van der Waals surface area contributed by atoms with Gasteiger partial charge in [0.05, 0.1) is 17.5 Å². The Morgan fingerprint density at radius 1 is 1.00 bits per heavy atom. The molecule has 0 aliphatic carbocycles. The van der Waals surface area contributed by atoms with Crippen molar-refractivity contribution in [1.82, 2.24) is 10.6 Å². The lowest BCUT2D eigenvalue weighted by atomic mass is 10.0. The minimum atomic E-state index is -0.481. The van der Waals surface area contributed by atoms with Crippen molar-refractivity contribution in [3.8, 4) is 11.3 Å². The van der Waals surface area contributed by atoms with Gasteiger partial charge in [-0.1, -0.05) is 36.4 Å². The second kappa shape index (κ2) is 7.91. The number of rotatable bonds is 4. The van der Waals surface area contributed by atoms with Crippen molar-refractivity contribution in [3.63, 3.8) is 0 Å². The molecule has 0 fully saturated rings. The van der Waals surface area contributed by atoms with Gasteiger partial charge in [0.25, 0.3) is 5.91 Å². The van der Waals surface area contributed by atoms with E-state index in [0.29, 0.717) is 16.7 Å². The molecule has 0 atom stereocenters. The van der Waals surface area contributed by atoms with E-state index in [0.717, 1.165) is 5.56 Å². The molecule has 0 saturated heterocycles.